The molecule has 0 aromatic carbocycles. The van der Waals surface area contributed by atoms with Gasteiger partial charge in [0, 0.05) is 13.1 Å². The predicted octanol–water partition coefficient (Wildman–Crippen LogP) is 1.47. The Hall–Kier alpha value is -1.37. The van der Waals surface area contributed by atoms with Crippen molar-refractivity contribution in [1.29, 1.82) is 0 Å². The fourth-order valence-electron chi connectivity index (χ4n) is 1.58. The van der Waals surface area contributed by atoms with Gasteiger partial charge in [-0.2, -0.15) is 0 Å². The Morgan fingerprint density at radius 3 is 2.28 bits per heavy atom. The highest BCUT2D eigenvalue weighted by atomic mass is 32.2. The van der Waals surface area contributed by atoms with Crippen molar-refractivity contribution in [2.75, 3.05) is 28.5 Å². The van der Waals surface area contributed by atoms with Crippen LogP contribution >= 0.6 is 0 Å². The molecule has 0 saturated carbocycles. The molecule has 6 nitrogen and oxygen atoms in total. The molecule has 0 amide bonds. The Morgan fingerprint density at radius 2 is 1.83 bits per heavy atom. The molecule has 7 heteroatoms. The van der Waals surface area contributed by atoms with Crippen LogP contribution in [-0.4, -0.2) is 37.5 Å². The zero-order valence-corrected chi connectivity index (χ0v) is 11.9. The van der Waals surface area contributed by atoms with Crippen LogP contribution in [0.5, 0.6) is 0 Å². The van der Waals surface area contributed by atoms with Crippen LogP contribution in [0.2, 0.25) is 0 Å². The summed E-state index contributed by atoms with van der Waals surface area (Å²) in [6, 6.07) is 3.40. The monoisotopic (exact) mass is 272 g/mol. The van der Waals surface area contributed by atoms with Gasteiger partial charge in [0.2, 0.25) is 10.0 Å². The van der Waals surface area contributed by atoms with E-state index in [2.05, 4.69) is 14.9 Å². The number of rotatable bonds is 7. The van der Waals surface area contributed by atoms with Crippen LogP contribution in [0.25, 0.3) is 0 Å². The largest absolute Gasteiger partial charge is 0.356 e. The van der Waals surface area contributed by atoms with Crippen molar-refractivity contribution in [3.63, 3.8) is 0 Å². The van der Waals surface area contributed by atoms with E-state index in [0.717, 1.165) is 18.9 Å². The maximum atomic E-state index is 11.5. The van der Waals surface area contributed by atoms with Crippen LogP contribution in [-0.2, 0) is 10.0 Å². The van der Waals surface area contributed by atoms with Crippen LogP contribution in [0.1, 0.15) is 27.2 Å². The second-order valence-corrected chi connectivity index (χ2v) is 5.71. The summed E-state index contributed by atoms with van der Waals surface area (Å²) >= 11 is 0. The van der Waals surface area contributed by atoms with Crippen LogP contribution in [0.4, 0.5) is 11.6 Å². The van der Waals surface area contributed by atoms with Crippen molar-refractivity contribution in [3.8, 4) is 0 Å². The molecule has 0 saturated heterocycles. The van der Waals surface area contributed by atoms with Crippen molar-refractivity contribution < 1.29 is 8.42 Å². The number of hydrogen-bond donors (Lipinski definition) is 1. The molecule has 0 aliphatic carbocycles. The lowest BCUT2D eigenvalue weighted by Gasteiger charge is -2.18. The summed E-state index contributed by atoms with van der Waals surface area (Å²) in [6.45, 7) is 7.55. The van der Waals surface area contributed by atoms with E-state index in [1.54, 1.807) is 12.1 Å². The molecule has 0 radical (unpaired) electrons. The molecular formula is C11H20N4O2S. The van der Waals surface area contributed by atoms with Gasteiger partial charge in [-0.25, -0.2) is 8.42 Å². The van der Waals surface area contributed by atoms with Gasteiger partial charge in [0.15, 0.2) is 11.6 Å². The zero-order valence-electron chi connectivity index (χ0n) is 11.0. The molecule has 0 atom stereocenters. The Kier molecular flexibility index (Phi) is 5.33. The van der Waals surface area contributed by atoms with Crippen LogP contribution in [0, 0.1) is 0 Å². The molecule has 0 fully saturated rings. The van der Waals surface area contributed by atoms with Gasteiger partial charge < -0.3 is 4.90 Å². The summed E-state index contributed by atoms with van der Waals surface area (Å²) in [5.74, 6) is 1.10. The standard InChI is InChI=1S/C11H20N4O2S/c1-4-9-18(16,17)14-10-7-8-11(13-12-10)15(5-2)6-3/h7-8H,4-6,9H2,1-3H3,(H,12,14). The van der Waals surface area contributed by atoms with Crippen molar-refractivity contribution in [2.24, 2.45) is 0 Å². The molecule has 1 heterocycles. The molecule has 1 N–H and O–H groups in total. The summed E-state index contributed by atoms with van der Waals surface area (Å²) in [6.07, 6.45) is 0.570. The van der Waals surface area contributed by atoms with E-state index >= 15 is 0 Å². The molecule has 0 bridgehead atoms. The van der Waals surface area contributed by atoms with Crippen molar-refractivity contribution in [1.82, 2.24) is 10.2 Å². The highest BCUT2D eigenvalue weighted by molar-refractivity contribution is 7.92. The lowest BCUT2D eigenvalue weighted by Crippen LogP contribution is -2.23. The molecule has 0 spiro atoms. The quantitative estimate of drug-likeness (QED) is 0.813. The topological polar surface area (TPSA) is 75.2 Å². The summed E-state index contributed by atoms with van der Waals surface area (Å²) in [5, 5.41) is 7.89. The third-order valence-electron chi connectivity index (χ3n) is 2.47. The van der Waals surface area contributed by atoms with Gasteiger partial charge in [0.05, 0.1) is 5.75 Å². The maximum absolute atomic E-state index is 11.5. The molecule has 1 rings (SSSR count). The van der Waals surface area contributed by atoms with E-state index in [1.165, 1.54) is 0 Å². The zero-order chi connectivity index (χ0) is 13.6. The van der Waals surface area contributed by atoms with Gasteiger partial charge in [-0.05, 0) is 32.4 Å². The second-order valence-electron chi connectivity index (χ2n) is 3.87. The minimum absolute atomic E-state index is 0.0898. The van der Waals surface area contributed by atoms with E-state index in [4.69, 9.17) is 0 Å². The van der Waals surface area contributed by atoms with E-state index in [-0.39, 0.29) is 11.6 Å². The first kappa shape index (κ1) is 14.7. The molecule has 102 valence electrons. The first-order valence-electron chi connectivity index (χ1n) is 6.11. The molecule has 1 aromatic heterocycles. The van der Waals surface area contributed by atoms with E-state index < -0.39 is 10.0 Å². The molecular weight excluding hydrogens is 252 g/mol. The Balaban J connectivity index is 2.77. The SMILES string of the molecule is CCCS(=O)(=O)Nc1ccc(N(CC)CC)nn1. The Bertz CT molecular complexity index is 454. The predicted molar refractivity (Wildman–Crippen MR) is 73.3 cm³/mol. The van der Waals surface area contributed by atoms with Gasteiger partial charge in [0.25, 0.3) is 0 Å². The average molecular weight is 272 g/mol. The summed E-state index contributed by atoms with van der Waals surface area (Å²) in [5.41, 5.74) is 0. The fourth-order valence-corrected chi connectivity index (χ4v) is 2.64. The maximum Gasteiger partial charge on any atom is 0.233 e. The fraction of sp³-hybridized carbons (Fsp3) is 0.636. The normalized spacial score (nSPS) is 11.3. The Morgan fingerprint density at radius 1 is 1.17 bits per heavy atom. The first-order valence-corrected chi connectivity index (χ1v) is 7.76. The highest BCUT2D eigenvalue weighted by Crippen LogP contribution is 2.12. The lowest BCUT2D eigenvalue weighted by atomic mass is 10.4. The molecule has 1 aromatic rings. The first-order chi connectivity index (χ1) is 8.52. The molecule has 0 aliphatic rings. The smallest absolute Gasteiger partial charge is 0.233 e. The lowest BCUT2D eigenvalue weighted by molar-refractivity contribution is 0.599. The van der Waals surface area contributed by atoms with Crippen LogP contribution in [0.15, 0.2) is 12.1 Å². The molecule has 0 aliphatic heterocycles. The number of anilines is 2. The van der Waals surface area contributed by atoms with E-state index in [1.807, 2.05) is 25.7 Å². The van der Waals surface area contributed by atoms with Gasteiger partial charge in [-0.15, -0.1) is 10.2 Å². The van der Waals surface area contributed by atoms with E-state index in [0.29, 0.717) is 6.42 Å². The minimum atomic E-state index is -3.30. The summed E-state index contributed by atoms with van der Waals surface area (Å²) < 4.78 is 25.5. The number of nitrogens with one attached hydrogen (secondary N) is 1. The minimum Gasteiger partial charge on any atom is -0.356 e. The molecule has 0 unspecified atom stereocenters. The summed E-state index contributed by atoms with van der Waals surface area (Å²) in [4.78, 5) is 2.04. The highest BCUT2D eigenvalue weighted by Gasteiger charge is 2.10. The molecule has 18 heavy (non-hydrogen) atoms. The average Bonchev–Trinajstić information content (AvgIpc) is 2.32. The second kappa shape index (κ2) is 6.53. The van der Waals surface area contributed by atoms with Gasteiger partial charge >= 0.3 is 0 Å². The van der Waals surface area contributed by atoms with E-state index in [9.17, 15) is 8.42 Å². The Labute approximate surface area is 108 Å². The van der Waals surface area contributed by atoms with Crippen molar-refractivity contribution >= 4 is 21.7 Å². The number of aromatic nitrogens is 2. The van der Waals surface area contributed by atoms with Crippen molar-refractivity contribution in [3.05, 3.63) is 12.1 Å². The third kappa shape index (κ3) is 4.14. The van der Waals surface area contributed by atoms with Gasteiger partial charge in [0.1, 0.15) is 0 Å². The number of nitrogens with zero attached hydrogens (tertiary/aromatic N) is 3. The van der Waals surface area contributed by atoms with Crippen LogP contribution in [0.3, 0.4) is 0 Å². The third-order valence-corrected chi connectivity index (χ3v) is 3.94. The number of sulfonamides is 1. The van der Waals surface area contributed by atoms with Gasteiger partial charge in [-0.3, -0.25) is 4.72 Å². The van der Waals surface area contributed by atoms with Crippen LogP contribution < -0.4 is 9.62 Å². The summed E-state index contributed by atoms with van der Waals surface area (Å²) in [7, 11) is -3.30. The number of hydrogen-bond acceptors (Lipinski definition) is 5. The van der Waals surface area contributed by atoms with Crippen molar-refractivity contribution in [2.45, 2.75) is 27.2 Å². The van der Waals surface area contributed by atoms with Gasteiger partial charge in [-0.1, -0.05) is 6.92 Å².